The van der Waals surface area contributed by atoms with E-state index in [1.807, 2.05) is 7.05 Å². The molecule has 2 fully saturated rings. The van der Waals surface area contributed by atoms with E-state index >= 15 is 0 Å². The molecule has 1 aromatic carbocycles. The number of amides is 3. The summed E-state index contributed by atoms with van der Waals surface area (Å²) in [6, 6.07) is 6.65. The highest BCUT2D eigenvalue weighted by molar-refractivity contribution is 6.31. The standard InChI is InChI=1S/C16H19ClN2O2/c1-18-15(21)19(13-7-5-6-12(17)10-13)14(20)11-16(18)8-3-2-4-9-16/h5-7,10H,2-4,8-9,11H2,1H3. The molecule has 0 bridgehead atoms. The number of rotatable bonds is 1. The van der Waals surface area contributed by atoms with Gasteiger partial charge in [-0.1, -0.05) is 36.9 Å². The van der Waals surface area contributed by atoms with Gasteiger partial charge in [0.2, 0.25) is 5.91 Å². The minimum Gasteiger partial charge on any atom is -0.321 e. The minimum absolute atomic E-state index is 0.123. The van der Waals surface area contributed by atoms with E-state index in [1.54, 1.807) is 29.2 Å². The molecule has 0 unspecified atom stereocenters. The fourth-order valence-corrected chi connectivity index (χ4v) is 3.71. The van der Waals surface area contributed by atoms with Gasteiger partial charge in [-0.25, -0.2) is 9.69 Å². The van der Waals surface area contributed by atoms with Crippen LogP contribution >= 0.6 is 11.6 Å². The summed E-state index contributed by atoms with van der Waals surface area (Å²) in [5.74, 6) is -0.123. The van der Waals surface area contributed by atoms with Crippen molar-refractivity contribution in [2.45, 2.75) is 44.1 Å². The van der Waals surface area contributed by atoms with Crippen LogP contribution in [0.5, 0.6) is 0 Å². The predicted octanol–water partition coefficient (Wildman–Crippen LogP) is 3.83. The number of hydrogen-bond acceptors (Lipinski definition) is 2. The van der Waals surface area contributed by atoms with Crippen LogP contribution in [0.25, 0.3) is 0 Å². The first-order valence-corrected chi connectivity index (χ1v) is 7.78. The molecule has 1 aliphatic heterocycles. The van der Waals surface area contributed by atoms with Crippen LogP contribution in [0.4, 0.5) is 10.5 Å². The van der Waals surface area contributed by atoms with E-state index in [0.717, 1.165) is 25.7 Å². The SMILES string of the molecule is CN1C(=O)N(c2cccc(Cl)c2)C(=O)CC12CCCCC2. The Labute approximate surface area is 129 Å². The number of halogens is 1. The third kappa shape index (κ3) is 2.42. The molecule has 1 saturated carbocycles. The van der Waals surface area contributed by atoms with Crippen LogP contribution in [0.15, 0.2) is 24.3 Å². The first-order valence-electron chi connectivity index (χ1n) is 7.40. The lowest BCUT2D eigenvalue weighted by atomic mass is 9.77. The zero-order valence-electron chi connectivity index (χ0n) is 12.1. The summed E-state index contributed by atoms with van der Waals surface area (Å²) in [5, 5.41) is 0.522. The van der Waals surface area contributed by atoms with Crippen molar-refractivity contribution in [3.8, 4) is 0 Å². The molecule has 1 saturated heterocycles. The monoisotopic (exact) mass is 306 g/mol. The van der Waals surface area contributed by atoms with Crippen LogP contribution < -0.4 is 4.90 Å². The molecule has 1 aliphatic carbocycles. The fraction of sp³-hybridized carbons (Fsp3) is 0.500. The summed E-state index contributed by atoms with van der Waals surface area (Å²) in [6.45, 7) is 0. The lowest BCUT2D eigenvalue weighted by Crippen LogP contribution is -2.63. The van der Waals surface area contributed by atoms with Crippen LogP contribution in [0.3, 0.4) is 0 Å². The van der Waals surface area contributed by atoms with E-state index in [-0.39, 0.29) is 17.5 Å². The van der Waals surface area contributed by atoms with Gasteiger partial charge in [-0.3, -0.25) is 4.79 Å². The Balaban J connectivity index is 1.93. The Bertz CT molecular complexity index is 581. The van der Waals surface area contributed by atoms with Gasteiger partial charge in [-0.15, -0.1) is 0 Å². The third-order valence-electron chi connectivity index (χ3n) is 4.77. The summed E-state index contributed by atoms with van der Waals surface area (Å²) in [4.78, 5) is 28.3. The molecule has 1 spiro atoms. The highest BCUT2D eigenvalue weighted by Gasteiger charge is 2.48. The zero-order valence-corrected chi connectivity index (χ0v) is 12.9. The maximum atomic E-state index is 12.7. The first kappa shape index (κ1) is 14.4. The molecule has 112 valence electrons. The van der Waals surface area contributed by atoms with Crippen molar-refractivity contribution in [1.29, 1.82) is 0 Å². The average Bonchev–Trinajstić information content (AvgIpc) is 2.46. The number of anilines is 1. The Morgan fingerprint density at radius 3 is 2.52 bits per heavy atom. The summed E-state index contributed by atoms with van der Waals surface area (Å²) in [6.07, 6.45) is 5.61. The van der Waals surface area contributed by atoms with Gasteiger partial charge in [0.15, 0.2) is 0 Å². The lowest BCUT2D eigenvalue weighted by molar-refractivity contribution is -0.123. The molecule has 1 aromatic rings. The van der Waals surface area contributed by atoms with Gasteiger partial charge in [-0.05, 0) is 31.0 Å². The number of nitrogens with zero attached hydrogens (tertiary/aromatic N) is 2. The number of imide groups is 1. The molecule has 0 atom stereocenters. The maximum Gasteiger partial charge on any atom is 0.331 e. The molecule has 4 nitrogen and oxygen atoms in total. The normalized spacial score (nSPS) is 22.0. The second-order valence-corrected chi connectivity index (χ2v) is 6.45. The van der Waals surface area contributed by atoms with Crippen molar-refractivity contribution in [2.24, 2.45) is 0 Å². The van der Waals surface area contributed by atoms with Gasteiger partial charge in [0.1, 0.15) is 0 Å². The zero-order chi connectivity index (χ0) is 15.0. The van der Waals surface area contributed by atoms with Crippen molar-refractivity contribution in [2.75, 3.05) is 11.9 Å². The molecule has 0 aromatic heterocycles. The summed E-state index contributed by atoms with van der Waals surface area (Å²) >= 11 is 5.98. The van der Waals surface area contributed by atoms with Gasteiger partial charge in [-0.2, -0.15) is 0 Å². The van der Waals surface area contributed by atoms with Gasteiger partial charge >= 0.3 is 6.03 Å². The van der Waals surface area contributed by atoms with Crippen LogP contribution in [-0.4, -0.2) is 29.4 Å². The molecule has 3 rings (SSSR count). The van der Waals surface area contributed by atoms with Gasteiger partial charge in [0.05, 0.1) is 17.6 Å². The minimum atomic E-state index is -0.276. The van der Waals surface area contributed by atoms with E-state index < -0.39 is 0 Å². The number of carbonyl (C=O) groups is 2. The van der Waals surface area contributed by atoms with Crippen molar-refractivity contribution in [1.82, 2.24) is 4.90 Å². The van der Waals surface area contributed by atoms with Gasteiger partial charge < -0.3 is 4.90 Å². The van der Waals surface area contributed by atoms with Crippen LogP contribution in [0.1, 0.15) is 38.5 Å². The van der Waals surface area contributed by atoms with Crippen LogP contribution in [0.2, 0.25) is 5.02 Å². The highest BCUT2D eigenvalue weighted by Crippen LogP contribution is 2.40. The number of carbonyl (C=O) groups excluding carboxylic acids is 2. The van der Waals surface area contributed by atoms with Gasteiger partial charge in [0, 0.05) is 12.1 Å². The summed E-state index contributed by atoms with van der Waals surface area (Å²) in [7, 11) is 1.82. The molecule has 3 amide bonds. The second-order valence-electron chi connectivity index (χ2n) is 6.01. The molecular formula is C16H19ClN2O2. The Morgan fingerprint density at radius 2 is 1.86 bits per heavy atom. The van der Waals surface area contributed by atoms with Crippen molar-refractivity contribution >= 4 is 29.2 Å². The van der Waals surface area contributed by atoms with E-state index in [4.69, 9.17) is 11.6 Å². The van der Waals surface area contributed by atoms with E-state index in [1.165, 1.54) is 11.3 Å². The van der Waals surface area contributed by atoms with E-state index in [9.17, 15) is 9.59 Å². The van der Waals surface area contributed by atoms with Crippen molar-refractivity contribution in [3.63, 3.8) is 0 Å². The number of urea groups is 1. The molecule has 5 heteroatoms. The Morgan fingerprint density at radius 1 is 1.14 bits per heavy atom. The lowest BCUT2D eigenvalue weighted by Gasteiger charge is -2.49. The molecule has 1 heterocycles. The van der Waals surface area contributed by atoms with Gasteiger partial charge in [0.25, 0.3) is 0 Å². The largest absolute Gasteiger partial charge is 0.331 e. The van der Waals surface area contributed by atoms with Crippen LogP contribution in [0, 0.1) is 0 Å². The van der Waals surface area contributed by atoms with Crippen molar-refractivity contribution < 1.29 is 9.59 Å². The third-order valence-corrected chi connectivity index (χ3v) is 5.01. The maximum absolute atomic E-state index is 12.7. The summed E-state index contributed by atoms with van der Waals surface area (Å²) in [5.41, 5.74) is 0.275. The first-order chi connectivity index (χ1) is 10.0. The Kier molecular flexibility index (Phi) is 3.66. The quantitative estimate of drug-likeness (QED) is 0.791. The topological polar surface area (TPSA) is 40.6 Å². The second kappa shape index (κ2) is 5.34. The highest BCUT2D eigenvalue weighted by atomic mass is 35.5. The van der Waals surface area contributed by atoms with Crippen LogP contribution in [-0.2, 0) is 4.79 Å². The molecule has 2 aliphatic rings. The van der Waals surface area contributed by atoms with Crippen molar-refractivity contribution in [3.05, 3.63) is 29.3 Å². The van der Waals surface area contributed by atoms with E-state index in [0.29, 0.717) is 17.1 Å². The average molecular weight is 307 g/mol. The molecule has 0 radical (unpaired) electrons. The number of hydrogen-bond donors (Lipinski definition) is 0. The Hall–Kier alpha value is -1.55. The fourth-order valence-electron chi connectivity index (χ4n) is 3.53. The summed E-state index contributed by atoms with van der Waals surface area (Å²) < 4.78 is 0. The molecule has 0 N–H and O–H groups in total. The smallest absolute Gasteiger partial charge is 0.321 e. The molecule has 21 heavy (non-hydrogen) atoms. The molecular weight excluding hydrogens is 288 g/mol. The van der Waals surface area contributed by atoms with E-state index in [2.05, 4.69) is 0 Å². The number of benzene rings is 1. The predicted molar refractivity (Wildman–Crippen MR) is 82.5 cm³/mol.